The quantitative estimate of drug-likeness (QED) is 0.182. The topological polar surface area (TPSA) is 174 Å². The molecule has 2 atom stereocenters. The van der Waals surface area contributed by atoms with E-state index < -0.39 is 0 Å². The van der Waals surface area contributed by atoms with Gasteiger partial charge in [-0.3, -0.25) is 14.0 Å². The summed E-state index contributed by atoms with van der Waals surface area (Å²) in [5, 5.41) is 10.8. The van der Waals surface area contributed by atoms with Crippen LogP contribution in [-0.4, -0.2) is 119 Å². The fourth-order valence-corrected chi connectivity index (χ4v) is 10.8. The molecule has 0 bridgehead atoms. The van der Waals surface area contributed by atoms with Crippen LogP contribution in [0.4, 0.5) is 5.00 Å². The predicted octanol–water partition coefficient (Wildman–Crippen LogP) is 4.84. The normalized spacial score (nSPS) is 18.3. The lowest BCUT2D eigenvalue weighted by molar-refractivity contribution is -0.0707. The molecule has 0 radical (unpaired) electrons. The Bertz CT molecular complexity index is 3070. The summed E-state index contributed by atoms with van der Waals surface area (Å²) in [6, 6.07) is 15.5. The van der Waals surface area contributed by atoms with Crippen LogP contribution in [0.2, 0.25) is 0 Å². The van der Waals surface area contributed by atoms with Crippen molar-refractivity contribution in [3.8, 4) is 11.5 Å². The largest absolute Gasteiger partial charge is 0.497 e. The van der Waals surface area contributed by atoms with Crippen LogP contribution >= 0.6 is 11.3 Å². The van der Waals surface area contributed by atoms with E-state index in [-0.39, 0.29) is 23.6 Å². The molecule has 9 heterocycles. The molecule has 2 aromatic carbocycles. The van der Waals surface area contributed by atoms with E-state index in [2.05, 4.69) is 48.8 Å². The van der Waals surface area contributed by atoms with E-state index in [0.717, 1.165) is 104 Å². The van der Waals surface area contributed by atoms with Gasteiger partial charge in [0.15, 0.2) is 22.5 Å². The number of anilines is 1. The Balaban J connectivity index is 0.000000153. The van der Waals surface area contributed by atoms with E-state index in [9.17, 15) is 9.59 Å². The number of morpholine rings is 1. The second-order valence-electron chi connectivity index (χ2n) is 17.1. The number of methoxy groups -OCH3 is 2. The molecule has 0 saturated carbocycles. The van der Waals surface area contributed by atoms with Crippen molar-refractivity contribution in [1.82, 2.24) is 53.2 Å². The van der Waals surface area contributed by atoms with Crippen LogP contribution in [0, 0.1) is 5.92 Å². The molecule has 0 amide bonds. The molecule has 3 aliphatic rings. The van der Waals surface area contributed by atoms with Gasteiger partial charge in [-0.1, -0.05) is 35.6 Å². The molecule has 3 aliphatic heterocycles. The standard InChI is InChI=1S/C24H27N5O3S.C22H25N7O3/c1-31-18-6-4-16(5-7-18)14-28-23-20(21-25-15-26-29(21)24(28)30)19-3-2-10-27(22(19)33-23)13-17-8-11-32-12-9-17;1-14-9-27(10-15(2)32-14)12-17-8-23-20-19(26-17)21-24-13-25-29(21)22(30)28(20)11-16-4-6-18(31-3)7-5-16/h4-7,15,17H,2-3,8-14H2,1H3;4-8,13-15H,9-12H2,1-3H3/t;14-,15+. The number of hydrogen-bond acceptors (Lipinski definition) is 15. The molecule has 338 valence electrons. The Morgan fingerprint density at radius 1 is 0.754 bits per heavy atom. The number of nitrogens with zero attached hydrogens (tertiary/aromatic N) is 12. The second kappa shape index (κ2) is 18.3. The van der Waals surface area contributed by atoms with Gasteiger partial charge in [-0.05, 0) is 86.4 Å². The summed E-state index contributed by atoms with van der Waals surface area (Å²) in [5.74, 6) is 2.22. The number of thiophene rings is 1. The van der Waals surface area contributed by atoms with Crippen molar-refractivity contribution in [2.75, 3.05) is 58.5 Å². The lowest BCUT2D eigenvalue weighted by Gasteiger charge is -2.35. The average molecular weight is 901 g/mol. The monoisotopic (exact) mass is 900 g/mol. The molecule has 8 aromatic rings. The zero-order valence-corrected chi connectivity index (χ0v) is 37.8. The van der Waals surface area contributed by atoms with Gasteiger partial charge in [-0.2, -0.15) is 19.2 Å². The highest BCUT2D eigenvalue weighted by atomic mass is 32.1. The molecular weight excluding hydrogens is 849 g/mol. The Kier molecular flexibility index (Phi) is 12.0. The number of hydrogen-bond donors (Lipinski definition) is 0. The van der Waals surface area contributed by atoms with Gasteiger partial charge in [0, 0.05) is 45.9 Å². The third-order valence-electron chi connectivity index (χ3n) is 12.5. The zero-order chi connectivity index (χ0) is 44.6. The van der Waals surface area contributed by atoms with Crippen molar-refractivity contribution in [1.29, 1.82) is 0 Å². The van der Waals surface area contributed by atoms with Crippen molar-refractivity contribution >= 4 is 49.0 Å². The van der Waals surface area contributed by atoms with Crippen LogP contribution in [0.5, 0.6) is 11.5 Å². The predicted molar refractivity (Wildman–Crippen MR) is 247 cm³/mol. The van der Waals surface area contributed by atoms with Crippen molar-refractivity contribution in [2.45, 2.75) is 71.4 Å². The Labute approximate surface area is 378 Å². The molecule has 0 unspecified atom stereocenters. The van der Waals surface area contributed by atoms with Gasteiger partial charge < -0.3 is 23.8 Å². The maximum atomic E-state index is 13.4. The third kappa shape index (κ3) is 8.56. The first-order valence-corrected chi connectivity index (χ1v) is 23.0. The smallest absolute Gasteiger partial charge is 0.352 e. The molecule has 11 rings (SSSR count). The molecular formula is C46H52N12O6S. The first-order chi connectivity index (χ1) is 31.7. The van der Waals surface area contributed by atoms with Crippen molar-refractivity contribution in [3.05, 3.63) is 111 Å². The first kappa shape index (κ1) is 42.7. The summed E-state index contributed by atoms with van der Waals surface area (Å²) in [7, 11) is 3.28. The second-order valence-corrected chi connectivity index (χ2v) is 18.1. The molecule has 0 aliphatic carbocycles. The number of ether oxygens (including phenoxy) is 4. The number of benzene rings is 2. The van der Waals surface area contributed by atoms with Crippen molar-refractivity contribution in [2.24, 2.45) is 5.92 Å². The average Bonchev–Trinajstić information content (AvgIpc) is 4.10. The van der Waals surface area contributed by atoms with Gasteiger partial charge in [0.2, 0.25) is 0 Å². The van der Waals surface area contributed by atoms with Gasteiger partial charge in [0.05, 0.1) is 61.8 Å². The van der Waals surface area contributed by atoms with E-state index in [1.807, 2.05) is 53.1 Å². The lowest BCUT2D eigenvalue weighted by Crippen LogP contribution is -2.45. The van der Waals surface area contributed by atoms with E-state index in [4.69, 9.17) is 23.9 Å². The highest BCUT2D eigenvalue weighted by Gasteiger charge is 2.29. The number of rotatable bonds is 10. The minimum atomic E-state index is -0.307. The van der Waals surface area contributed by atoms with Gasteiger partial charge in [0.25, 0.3) is 0 Å². The first-order valence-electron chi connectivity index (χ1n) is 22.2. The van der Waals surface area contributed by atoms with Crippen molar-refractivity contribution in [3.63, 3.8) is 0 Å². The minimum absolute atomic E-state index is 0.152. The Morgan fingerprint density at radius 2 is 1.37 bits per heavy atom. The van der Waals surface area contributed by atoms with Gasteiger partial charge >= 0.3 is 11.4 Å². The van der Waals surface area contributed by atoms with E-state index in [0.29, 0.717) is 48.0 Å². The van der Waals surface area contributed by atoms with Crippen LogP contribution in [0.1, 0.15) is 55.5 Å². The minimum Gasteiger partial charge on any atom is -0.497 e. The van der Waals surface area contributed by atoms with E-state index in [1.54, 1.807) is 36.3 Å². The molecule has 0 spiro atoms. The summed E-state index contributed by atoms with van der Waals surface area (Å²) in [6.45, 7) is 11.1. The Morgan fingerprint density at radius 3 is 2.03 bits per heavy atom. The SMILES string of the molecule is COc1ccc(Cn2c(=O)n3ncnc3c3c4c(sc32)N(CC2CCOCC2)CCC4)cc1.COc1ccc(Cn2c(=O)n3ncnc3c3nc(CN4C[C@@H](C)O[C@@H](C)C4)cnc32)cc1. The van der Waals surface area contributed by atoms with Gasteiger partial charge in [-0.15, -0.1) is 0 Å². The van der Waals surface area contributed by atoms with E-state index >= 15 is 0 Å². The molecule has 2 fully saturated rings. The number of aromatic nitrogens is 10. The number of fused-ring (bicyclic) bond motifs is 8. The molecule has 2 saturated heterocycles. The van der Waals surface area contributed by atoms with E-state index in [1.165, 1.54) is 32.2 Å². The maximum absolute atomic E-state index is 13.4. The van der Waals surface area contributed by atoms with Crippen LogP contribution in [0.15, 0.2) is 77.0 Å². The molecule has 0 N–H and O–H groups in total. The van der Waals surface area contributed by atoms with Crippen LogP contribution < -0.4 is 25.8 Å². The summed E-state index contributed by atoms with van der Waals surface area (Å²) >= 11 is 1.73. The van der Waals surface area contributed by atoms with Crippen LogP contribution in [0.25, 0.3) is 32.7 Å². The number of aryl methyl sites for hydroxylation is 1. The maximum Gasteiger partial charge on any atom is 0.352 e. The highest BCUT2D eigenvalue weighted by molar-refractivity contribution is 7.22. The summed E-state index contributed by atoms with van der Waals surface area (Å²) in [4.78, 5) is 50.6. The summed E-state index contributed by atoms with van der Waals surface area (Å²) in [5.41, 5.74) is 5.79. The van der Waals surface area contributed by atoms with Crippen LogP contribution in [-0.2, 0) is 35.5 Å². The highest BCUT2D eigenvalue weighted by Crippen LogP contribution is 2.43. The van der Waals surface area contributed by atoms with Gasteiger partial charge in [0.1, 0.15) is 29.0 Å². The molecule has 65 heavy (non-hydrogen) atoms. The van der Waals surface area contributed by atoms with Crippen molar-refractivity contribution < 1.29 is 18.9 Å². The Hall–Kier alpha value is -6.28. The van der Waals surface area contributed by atoms with Gasteiger partial charge in [-0.25, -0.2) is 29.5 Å². The fraction of sp³-hybridized carbons (Fsp3) is 0.435. The lowest BCUT2D eigenvalue weighted by atomic mass is 9.98. The summed E-state index contributed by atoms with van der Waals surface area (Å²) in [6.07, 6.45) is 9.29. The summed E-state index contributed by atoms with van der Waals surface area (Å²) < 4.78 is 28.1. The molecule has 6 aromatic heterocycles. The fourth-order valence-electron chi connectivity index (χ4n) is 9.41. The molecule has 19 heteroatoms. The molecule has 18 nitrogen and oxygen atoms in total. The van der Waals surface area contributed by atoms with Crippen LogP contribution in [0.3, 0.4) is 0 Å². The zero-order valence-electron chi connectivity index (χ0n) is 37.0. The third-order valence-corrected chi connectivity index (χ3v) is 13.8.